The second-order valence-corrected chi connectivity index (χ2v) is 6.28. The van der Waals surface area contributed by atoms with Crippen molar-refractivity contribution in [2.24, 2.45) is 0 Å². The Bertz CT molecular complexity index is 770. The number of ether oxygens (including phenoxy) is 1. The predicted octanol–water partition coefficient (Wildman–Crippen LogP) is 2.06. The molecule has 4 rings (SSSR count). The van der Waals surface area contributed by atoms with Gasteiger partial charge in [-0.15, -0.1) is 0 Å². The SMILES string of the molecule is c1ccc(Cn2ccnc2CNC[C@H]2CC[C@@H](c3ncn[nH]3)O2)cc1. The first-order valence-corrected chi connectivity index (χ1v) is 8.64. The first-order valence-electron chi connectivity index (χ1n) is 8.64. The Morgan fingerprint density at radius 3 is 2.96 bits per heavy atom. The second kappa shape index (κ2) is 7.58. The van der Waals surface area contributed by atoms with Gasteiger partial charge in [-0.05, 0) is 18.4 Å². The Hall–Kier alpha value is -2.51. The lowest BCUT2D eigenvalue weighted by Gasteiger charge is -2.13. The van der Waals surface area contributed by atoms with Crippen molar-refractivity contribution in [3.63, 3.8) is 0 Å². The van der Waals surface area contributed by atoms with Crippen LogP contribution in [0, 0.1) is 0 Å². The minimum Gasteiger partial charge on any atom is -0.366 e. The molecule has 3 aromatic rings. The largest absolute Gasteiger partial charge is 0.366 e. The van der Waals surface area contributed by atoms with Crippen LogP contribution in [-0.2, 0) is 17.8 Å². The van der Waals surface area contributed by atoms with Crippen molar-refractivity contribution < 1.29 is 4.74 Å². The quantitative estimate of drug-likeness (QED) is 0.689. The van der Waals surface area contributed by atoms with Crippen LogP contribution in [0.1, 0.15) is 36.2 Å². The normalized spacial score (nSPS) is 20.2. The van der Waals surface area contributed by atoms with Crippen LogP contribution < -0.4 is 5.32 Å². The number of H-pyrrole nitrogens is 1. The zero-order valence-corrected chi connectivity index (χ0v) is 14.0. The molecule has 25 heavy (non-hydrogen) atoms. The van der Waals surface area contributed by atoms with Crippen molar-refractivity contribution in [2.45, 2.75) is 38.1 Å². The van der Waals surface area contributed by atoms with Crippen LogP contribution in [0.15, 0.2) is 49.1 Å². The van der Waals surface area contributed by atoms with E-state index in [0.717, 1.165) is 44.1 Å². The van der Waals surface area contributed by atoms with E-state index in [2.05, 4.69) is 54.3 Å². The highest BCUT2D eigenvalue weighted by Gasteiger charge is 2.28. The topological polar surface area (TPSA) is 80.7 Å². The van der Waals surface area contributed by atoms with Gasteiger partial charge in [0.1, 0.15) is 18.3 Å². The van der Waals surface area contributed by atoms with Crippen LogP contribution in [0.5, 0.6) is 0 Å². The van der Waals surface area contributed by atoms with Crippen LogP contribution in [0.3, 0.4) is 0 Å². The maximum Gasteiger partial charge on any atom is 0.153 e. The van der Waals surface area contributed by atoms with Gasteiger partial charge in [-0.3, -0.25) is 5.10 Å². The molecule has 1 aromatic carbocycles. The summed E-state index contributed by atoms with van der Waals surface area (Å²) < 4.78 is 8.20. The monoisotopic (exact) mass is 338 g/mol. The van der Waals surface area contributed by atoms with Gasteiger partial charge in [0.05, 0.1) is 12.6 Å². The van der Waals surface area contributed by atoms with Gasteiger partial charge in [0.15, 0.2) is 5.82 Å². The van der Waals surface area contributed by atoms with Gasteiger partial charge in [-0.1, -0.05) is 30.3 Å². The first-order chi connectivity index (χ1) is 12.4. The van der Waals surface area contributed by atoms with Crippen molar-refractivity contribution >= 4 is 0 Å². The molecule has 2 aromatic heterocycles. The maximum atomic E-state index is 6.03. The molecule has 1 aliphatic heterocycles. The Kier molecular flexibility index (Phi) is 4.85. The molecule has 1 fully saturated rings. The minimum atomic E-state index is 0.0365. The maximum absolute atomic E-state index is 6.03. The Morgan fingerprint density at radius 1 is 1.20 bits per heavy atom. The number of rotatable bonds is 7. The van der Waals surface area contributed by atoms with Crippen molar-refractivity contribution in [2.75, 3.05) is 6.54 Å². The number of hydrogen-bond acceptors (Lipinski definition) is 5. The highest BCUT2D eigenvalue weighted by molar-refractivity contribution is 5.15. The summed E-state index contributed by atoms with van der Waals surface area (Å²) in [6.07, 6.45) is 7.64. The van der Waals surface area contributed by atoms with E-state index in [1.807, 2.05) is 18.5 Å². The van der Waals surface area contributed by atoms with E-state index < -0.39 is 0 Å². The molecule has 1 saturated heterocycles. The first kappa shape index (κ1) is 16.0. The summed E-state index contributed by atoms with van der Waals surface area (Å²) in [4.78, 5) is 8.65. The van der Waals surface area contributed by atoms with Crippen LogP contribution in [-0.4, -0.2) is 37.4 Å². The summed E-state index contributed by atoms with van der Waals surface area (Å²) >= 11 is 0. The molecule has 0 unspecified atom stereocenters. The molecule has 0 saturated carbocycles. The third kappa shape index (κ3) is 3.94. The highest BCUT2D eigenvalue weighted by Crippen LogP contribution is 2.29. The molecule has 2 atom stereocenters. The standard InChI is InChI=1S/C18H22N6O/c1-2-4-14(5-3-1)12-24-9-8-20-17(24)11-19-10-15-6-7-16(25-15)18-21-13-22-23-18/h1-5,8-9,13,15-16,19H,6-7,10-12H2,(H,21,22,23)/t15-,16+/m1/s1. The molecule has 0 aliphatic carbocycles. The van der Waals surface area contributed by atoms with Crippen LogP contribution >= 0.6 is 0 Å². The summed E-state index contributed by atoms with van der Waals surface area (Å²) in [6, 6.07) is 10.4. The van der Waals surface area contributed by atoms with Crippen LogP contribution in [0.25, 0.3) is 0 Å². The van der Waals surface area contributed by atoms with E-state index in [1.165, 1.54) is 11.9 Å². The van der Waals surface area contributed by atoms with Crippen LogP contribution in [0.2, 0.25) is 0 Å². The lowest BCUT2D eigenvalue weighted by atomic mass is 10.2. The number of nitrogens with zero attached hydrogens (tertiary/aromatic N) is 4. The Balaban J connectivity index is 1.26. The zero-order valence-electron chi connectivity index (χ0n) is 14.0. The summed E-state index contributed by atoms with van der Waals surface area (Å²) in [5, 5.41) is 10.2. The zero-order chi connectivity index (χ0) is 16.9. The lowest BCUT2D eigenvalue weighted by Crippen LogP contribution is -2.27. The highest BCUT2D eigenvalue weighted by atomic mass is 16.5. The van der Waals surface area contributed by atoms with Gasteiger partial charge < -0.3 is 14.6 Å². The van der Waals surface area contributed by atoms with E-state index in [4.69, 9.17) is 4.74 Å². The van der Waals surface area contributed by atoms with Crippen molar-refractivity contribution in [1.29, 1.82) is 0 Å². The second-order valence-electron chi connectivity index (χ2n) is 6.28. The molecule has 1 aliphatic rings. The Morgan fingerprint density at radius 2 is 2.12 bits per heavy atom. The van der Waals surface area contributed by atoms with E-state index >= 15 is 0 Å². The average Bonchev–Trinajstić information content (AvgIpc) is 3.37. The fraction of sp³-hybridized carbons (Fsp3) is 0.389. The number of aromatic nitrogens is 5. The van der Waals surface area contributed by atoms with E-state index in [1.54, 1.807) is 0 Å². The third-order valence-corrected chi connectivity index (χ3v) is 4.50. The van der Waals surface area contributed by atoms with Crippen molar-refractivity contribution in [1.82, 2.24) is 30.0 Å². The molecule has 7 heteroatoms. The van der Waals surface area contributed by atoms with Crippen LogP contribution in [0.4, 0.5) is 0 Å². The molecule has 3 heterocycles. The summed E-state index contributed by atoms with van der Waals surface area (Å²) in [6.45, 7) is 2.38. The number of benzene rings is 1. The smallest absolute Gasteiger partial charge is 0.153 e. The average molecular weight is 338 g/mol. The van der Waals surface area contributed by atoms with Gasteiger partial charge in [0.25, 0.3) is 0 Å². The van der Waals surface area contributed by atoms with Gasteiger partial charge in [-0.2, -0.15) is 5.10 Å². The van der Waals surface area contributed by atoms with Gasteiger partial charge >= 0.3 is 0 Å². The van der Waals surface area contributed by atoms with Gasteiger partial charge in [0, 0.05) is 25.5 Å². The summed E-state index contributed by atoms with van der Waals surface area (Å²) in [5.74, 6) is 1.86. The number of hydrogen-bond donors (Lipinski definition) is 2. The van der Waals surface area contributed by atoms with Crippen molar-refractivity contribution in [3.05, 3.63) is 66.3 Å². The minimum absolute atomic E-state index is 0.0365. The summed E-state index contributed by atoms with van der Waals surface area (Å²) in [7, 11) is 0. The van der Waals surface area contributed by atoms with Crippen molar-refractivity contribution in [3.8, 4) is 0 Å². The van der Waals surface area contributed by atoms with Gasteiger partial charge in [-0.25, -0.2) is 9.97 Å². The molecule has 7 nitrogen and oxygen atoms in total. The molecule has 0 bridgehead atoms. The number of nitrogens with one attached hydrogen (secondary N) is 2. The fourth-order valence-electron chi connectivity index (χ4n) is 3.20. The molecule has 130 valence electrons. The van der Waals surface area contributed by atoms with Gasteiger partial charge in [0.2, 0.25) is 0 Å². The number of imidazole rings is 1. The molecule has 0 amide bonds. The molecular formula is C18H22N6O. The summed E-state index contributed by atoms with van der Waals surface area (Å²) in [5.41, 5.74) is 1.27. The molecule has 2 N–H and O–H groups in total. The van der Waals surface area contributed by atoms with E-state index in [-0.39, 0.29) is 12.2 Å². The Labute approximate surface area is 146 Å². The van der Waals surface area contributed by atoms with E-state index in [0.29, 0.717) is 0 Å². The molecule has 0 spiro atoms. The third-order valence-electron chi connectivity index (χ3n) is 4.50. The van der Waals surface area contributed by atoms with E-state index in [9.17, 15) is 0 Å². The lowest BCUT2D eigenvalue weighted by molar-refractivity contribution is 0.0400. The predicted molar refractivity (Wildman–Crippen MR) is 92.7 cm³/mol. The molecule has 0 radical (unpaired) electrons. The number of aromatic amines is 1. The molecular weight excluding hydrogens is 316 g/mol. The fourth-order valence-corrected chi connectivity index (χ4v) is 3.20.